The van der Waals surface area contributed by atoms with Gasteiger partial charge in [-0.25, -0.2) is 4.79 Å². The molecule has 3 aliphatic heterocycles. The molecule has 4 rings (SSSR count). The highest BCUT2D eigenvalue weighted by molar-refractivity contribution is 6.05. The van der Waals surface area contributed by atoms with E-state index >= 15 is 0 Å². The highest BCUT2D eigenvalue weighted by atomic mass is 16.5. The predicted molar refractivity (Wildman–Crippen MR) is 107 cm³/mol. The minimum Gasteiger partial charge on any atom is -0.504 e. The second-order valence-corrected chi connectivity index (χ2v) is 7.69. The average molecular weight is 398 g/mol. The van der Waals surface area contributed by atoms with Gasteiger partial charge in [0.25, 0.3) is 5.91 Å². The number of carbonyl (C=O) groups excluding carboxylic acids is 2. The zero-order valence-electron chi connectivity index (χ0n) is 16.7. The summed E-state index contributed by atoms with van der Waals surface area (Å²) in [5, 5.41) is 2.95. The summed E-state index contributed by atoms with van der Waals surface area (Å²) in [6.45, 7) is 5.38. The Morgan fingerprint density at radius 2 is 2.17 bits per heavy atom. The lowest BCUT2D eigenvalue weighted by Gasteiger charge is -2.50. The highest BCUT2D eigenvalue weighted by Gasteiger charge is 2.54. The molecule has 29 heavy (non-hydrogen) atoms. The van der Waals surface area contributed by atoms with E-state index in [1.165, 1.54) is 20.5 Å². The molecule has 3 aliphatic rings. The summed E-state index contributed by atoms with van der Waals surface area (Å²) >= 11 is 0. The van der Waals surface area contributed by atoms with Gasteiger partial charge in [0, 0.05) is 36.7 Å². The quantitative estimate of drug-likeness (QED) is 0.363. The summed E-state index contributed by atoms with van der Waals surface area (Å²) in [5.41, 5.74) is 1.16. The number of esters is 1. The second-order valence-electron chi connectivity index (χ2n) is 7.69. The number of piperidine rings is 1. The summed E-state index contributed by atoms with van der Waals surface area (Å²) in [6.07, 6.45) is 4.14. The van der Waals surface area contributed by atoms with Gasteiger partial charge in [-0.2, -0.15) is 0 Å². The number of nitrogens with zero attached hydrogens (tertiary/aromatic N) is 1. The third-order valence-electron chi connectivity index (χ3n) is 6.26. The van der Waals surface area contributed by atoms with Crippen molar-refractivity contribution >= 4 is 17.6 Å². The van der Waals surface area contributed by atoms with Crippen molar-refractivity contribution in [1.29, 1.82) is 0 Å². The molecule has 1 spiro atoms. The summed E-state index contributed by atoms with van der Waals surface area (Å²) in [7, 11) is 2.86. The van der Waals surface area contributed by atoms with Crippen molar-refractivity contribution in [2.45, 2.75) is 24.7 Å². The van der Waals surface area contributed by atoms with E-state index in [1.807, 2.05) is 30.3 Å². The monoisotopic (exact) mass is 398 g/mol. The molecule has 7 nitrogen and oxygen atoms in total. The largest absolute Gasteiger partial charge is 0.504 e. The third kappa shape index (κ3) is 3.14. The Balaban J connectivity index is 1.65. The number of ether oxygens (including phenoxy) is 3. The molecule has 0 aromatic heterocycles. The van der Waals surface area contributed by atoms with Crippen LogP contribution < -0.4 is 5.32 Å². The number of carbonyl (C=O) groups is 2. The third-order valence-corrected chi connectivity index (χ3v) is 6.26. The van der Waals surface area contributed by atoms with Gasteiger partial charge in [-0.15, -0.1) is 6.58 Å². The van der Waals surface area contributed by atoms with Crippen molar-refractivity contribution in [2.24, 2.45) is 11.8 Å². The number of hydrogen-bond acceptors (Lipinski definition) is 6. The summed E-state index contributed by atoms with van der Waals surface area (Å²) in [5.74, 6) is -0.668. The second kappa shape index (κ2) is 7.65. The van der Waals surface area contributed by atoms with Gasteiger partial charge in [0.05, 0.1) is 26.1 Å². The van der Waals surface area contributed by atoms with E-state index in [2.05, 4.69) is 16.8 Å². The first-order valence-corrected chi connectivity index (χ1v) is 9.80. The van der Waals surface area contributed by atoms with Crippen molar-refractivity contribution in [2.75, 3.05) is 32.6 Å². The van der Waals surface area contributed by atoms with E-state index in [4.69, 9.17) is 14.2 Å². The summed E-state index contributed by atoms with van der Waals surface area (Å²) in [4.78, 5) is 27.5. The molecule has 0 unspecified atom stereocenters. The van der Waals surface area contributed by atoms with Crippen LogP contribution in [0.25, 0.3) is 0 Å². The Hall–Kier alpha value is -2.64. The fourth-order valence-electron chi connectivity index (χ4n) is 4.79. The zero-order chi connectivity index (χ0) is 20.6. The van der Waals surface area contributed by atoms with E-state index in [1.54, 1.807) is 0 Å². The van der Waals surface area contributed by atoms with Crippen LogP contribution in [0.1, 0.15) is 18.4 Å². The maximum atomic E-state index is 12.9. The molecule has 3 heterocycles. The van der Waals surface area contributed by atoms with Gasteiger partial charge in [0.1, 0.15) is 6.23 Å². The Morgan fingerprint density at radius 3 is 2.90 bits per heavy atom. The van der Waals surface area contributed by atoms with E-state index in [-0.39, 0.29) is 24.0 Å². The van der Waals surface area contributed by atoms with Crippen LogP contribution in [0.15, 0.2) is 48.8 Å². The standard InChI is InChI=1S/C22H26N2O5/c1-4-14-12-24-10-9-22(17-7-5-6-8-18(17)23-21(22)26)29-19(24)11-15(14)16(13-27-2)20(25)28-3/h4-8,13-15,19H,1,9-12H2,2-3H3,(H,23,26)/b16-13+/t14-,15-,19+,22+/m0/s1. The molecule has 154 valence electrons. The van der Waals surface area contributed by atoms with Crippen LogP contribution in [0.3, 0.4) is 0 Å². The number of rotatable bonds is 4. The first-order chi connectivity index (χ1) is 14.0. The smallest absolute Gasteiger partial charge is 0.337 e. The molecule has 0 aliphatic carbocycles. The normalized spacial score (nSPS) is 31.6. The van der Waals surface area contributed by atoms with Crippen molar-refractivity contribution < 1.29 is 23.8 Å². The molecule has 7 heteroatoms. The Labute approximate surface area is 170 Å². The number of hydrogen-bond donors (Lipinski definition) is 1. The van der Waals surface area contributed by atoms with Gasteiger partial charge in [0.2, 0.25) is 0 Å². The summed E-state index contributed by atoms with van der Waals surface area (Å²) < 4.78 is 16.6. The van der Waals surface area contributed by atoms with Crippen molar-refractivity contribution in [3.05, 3.63) is 54.3 Å². The number of anilines is 1. The lowest BCUT2D eigenvalue weighted by molar-refractivity contribution is -0.215. The van der Waals surface area contributed by atoms with Crippen molar-refractivity contribution in [3.8, 4) is 0 Å². The molecule has 1 N–H and O–H groups in total. The van der Waals surface area contributed by atoms with Crippen LogP contribution in [-0.4, -0.2) is 50.3 Å². The SMILES string of the molecule is C=C[C@H]1CN2CC[C@]3(O[C@@H]2C[C@@H]1/C(=C\OC)C(=O)OC)C(=O)Nc1ccccc13. The Bertz CT molecular complexity index is 867. The van der Waals surface area contributed by atoms with Crippen LogP contribution in [0.5, 0.6) is 0 Å². The number of nitrogens with one attached hydrogen (secondary N) is 1. The van der Waals surface area contributed by atoms with Gasteiger partial charge in [0.15, 0.2) is 5.60 Å². The van der Waals surface area contributed by atoms with E-state index in [9.17, 15) is 9.59 Å². The van der Waals surface area contributed by atoms with Crippen LogP contribution in [0.4, 0.5) is 5.69 Å². The number of benzene rings is 1. The van der Waals surface area contributed by atoms with Gasteiger partial charge < -0.3 is 19.5 Å². The fraction of sp³-hybridized carbons (Fsp3) is 0.455. The van der Waals surface area contributed by atoms with E-state index in [0.717, 1.165) is 17.8 Å². The van der Waals surface area contributed by atoms with Crippen LogP contribution in [-0.2, 0) is 29.4 Å². The van der Waals surface area contributed by atoms with Gasteiger partial charge >= 0.3 is 5.97 Å². The maximum absolute atomic E-state index is 12.9. The molecule has 0 saturated carbocycles. The van der Waals surface area contributed by atoms with Crippen LogP contribution in [0.2, 0.25) is 0 Å². The molecular weight excluding hydrogens is 372 g/mol. The number of fused-ring (bicyclic) bond motifs is 3. The van der Waals surface area contributed by atoms with Crippen molar-refractivity contribution in [3.63, 3.8) is 0 Å². The number of methoxy groups -OCH3 is 2. The predicted octanol–water partition coefficient (Wildman–Crippen LogP) is 2.41. The van der Waals surface area contributed by atoms with E-state index in [0.29, 0.717) is 25.0 Å². The van der Waals surface area contributed by atoms with E-state index < -0.39 is 11.6 Å². The van der Waals surface area contributed by atoms with Crippen LogP contribution in [0, 0.1) is 11.8 Å². The Kier molecular flexibility index (Phi) is 5.19. The van der Waals surface area contributed by atoms with Gasteiger partial charge in [-0.3, -0.25) is 9.69 Å². The molecule has 0 radical (unpaired) electrons. The molecule has 1 aromatic rings. The lowest BCUT2D eigenvalue weighted by Crippen LogP contribution is -2.58. The minimum absolute atomic E-state index is 0.0501. The molecule has 2 fully saturated rings. The molecule has 4 atom stereocenters. The van der Waals surface area contributed by atoms with Crippen molar-refractivity contribution in [1.82, 2.24) is 4.90 Å². The maximum Gasteiger partial charge on any atom is 0.337 e. The minimum atomic E-state index is -0.986. The Morgan fingerprint density at radius 1 is 1.38 bits per heavy atom. The molecule has 1 aromatic carbocycles. The molecule has 0 bridgehead atoms. The average Bonchev–Trinajstić information content (AvgIpc) is 3.01. The van der Waals surface area contributed by atoms with Gasteiger partial charge in [-0.05, 0) is 18.4 Å². The lowest BCUT2D eigenvalue weighted by atomic mass is 9.78. The van der Waals surface area contributed by atoms with Crippen LogP contribution >= 0.6 is 0 Å². The first-order valence-electron chi connectivity index (χ1n) is 9.80. The number of para-hydroxylation sites is 1. The summed E-state index contributed by atoms with van der Waals surface area (Å²) in [6, 6.07) is 7.66. The molecule has 1 amide bonds. The first kappa shape index (κ1) is 19.7. The fourth-order valence-corrected chi connectivity index (χ4v) is 4.79. The molecular formula is C22H26N2O5. The zero-order valence-corrected chi connectivity index (χ0v) is 16.7. The number of amides is 1. The topological polar surface area (TPSA) is 77.1 Å². The molecule has 2 saturated heterocycles. The highest BCUT2D eigenvalue weighted by Crippen LogP contribution is 2.47. The van der Waals surface area contributed by atoms with Gasteiger partial charge in [-0.1, -0.05) is 24.3 Å².